The molecule has 19 heavy (non-hydrogen) atoms. The number of hydrogen-bond donors (Lipinski definition) is 1. The minimum Gasteiger partial charge on any atom is -0.381 e. The van der Waals surface area contributed by atoms with Crippen LogP contribution in [0.3, 0.4) is 0 Å². The maximum Gasteiger partial charge on any atom is 0.0795 e. The first-order valence-electron chi connectivity index (χ1n) is 7.73. The van der Waals surface area contributed by atoms with Gasteiger partial charge in [0, 0.05) is 31.6 Å². The second kappa shape index (κ2) is 7.87. The molecule has 2 fully saturated rings. The third-order valence-corrected chi connectivity index (χ3v) is 5.13. The largest absolute Gasteiger partial charge is 0.381 e. The number of hydrogen-bond acceptors (Lipinski definition) is 4. The zero-order valence-corrected chi connectivity index (χ0v) is 13.3. The summed E-state index contributed by atoms with van der Waals surface area (Å²) in [6.07, 6.45) is 4.73. The van der Waals surface area contributed by atoms with Crippen LogP contribution in [0.2, 0.25) is 0 Å². The summed E-state index contributed by atoms with van der Waals surface area (Å²) < 4.78 is 11.7. The lowest BCUT2D eigenvalue weighted by molar-refractivity contribution is -0.0701. The first-order chi connectivity index (χ1) is 9.20. The van der Waals surface area contributed by atoms with E-state index in [0.29, 0.717) is 12.0 Å². The van der Waals surface area contributed by atoms with E-state index in [2.05, 4.69) is 19.2 Å². The van der Waals surface area contributed by atoms with Gasteiger partial charge in [0.1, 0.15) is 0 Å². The lowest BCUT2D eigenvalue weighted by Gasteiger charge is -2.38. The molecular weight excluding hydrogens is 258 g/mol. The van der Waals surface area contributed by atoms with Crippen LogP contribution in [0.25, 0.3) is 0 Å². The molecule has 112 valence electrons. The minimum atomic E-state index is 0.203. The molecule has 0 aromatic carbocycles. The Balaban J connectivity index is 1.56. The third kappa shape index (κ3) is 5.25. The van der Waals surface area contributed by atoms with E-state index in [1.807, 2.05) is 11.8 Å². The Hall–Kier alpha value is 0.230. The van der Waals surface area contributed by atoms with Crippen LogP contribution in [0.5, 0.6) is 0 Å². The summed E-state index contributed by atoms with van der Waals surface area (Å²) in [6, 6.07) is 0.651. The molecule has 1 N–H and O–H groups in total. The van der Waals surface area contributed by atoms with Crippen molar-refractivity contribution in [3.63, 3.8) is 0 Å². The average molecular weight is 287 g/mol. The molecule has 2 heterocycles. The third-order valence-electron chi connectivity index (χ3n) is 3.91. The van der Waals surface area contributed by atoms with Gasteiger partial charge in [0.25, 0.3) is 0 Å². The second-order valence-electron chi connectivity index (χ2n) is 6.30. The van der Waals surface area contributed by atoms with Crippen LogP contribution in [-0.4, -0.2) is 49.5 Å². The molecule has 0 saturated carbocycles. The van der Waals surface area contributed by atoms with Gasteiger partial charge in [0.2, 0.25) is 0 Å². The standard InChI is InChI=1S/C15H29NO2S/c1-13(2)11-17-7-3-6-16-14-4-8-18-15(10-14)5-9-19-12-15/h13-14,16H,3-12H2,1-2H3. The lowest BCUT2D eigenvalue weighted by Crippen LogP contribution is -2.47. The van der Waals surface area contributed by atoms with E-state index in [-0.39, 0.29) is 5.60 Å². The average Bonchev–Trinajstić information content (AvgIpc) is 2.81. The molecule has 2 saturated heterocycles. The molecule has 1 spiro atoms. The van der Waals surface area contributed by atoms with E-state index in [4.69, 9.17) is 9.47 Å². The van der Waals surface area contributed by atoms with E-state index < -0.39 is 0 Å². The highest BCUT2D eigenvalue weighted by molar-refractivity contribution is 7.99. The Morgan fingerprint density at radius 3 is 3.11 bits per heavy atom. The molecule has 0 aromatic rings. The second-order valence-corrected chi connectivity index (χ2v) is 7.41. The number of ether oxygens (including phenoxy) is 2. The van der Waals surface area contributed by atoms with Crippen LogP contribution >= 0.6 is 11.8 Å². The summed E-state index contributed by atoms with van der Waals surface area (Å²) in [6.45, 7) is 8.17. The van der Waals surface area contributed by atoms with Gasteiger partial charge in [0.05, 0.1) is 5.60 Å². The van der Waals surface area contributed by atoms with Crippen molar-refractivity contribution < 1.29 is 9.47 Å². The molecule has 0 bridgehead atoms. The predicted octanol–water partition coefficient (Wildman–Crippen LogP) is 2.69. The quantitative estimate of drug-likeness (QED) is 0.729. The van der Waals surface area contributed by atoms with Crippen LogP contribution in [0.1, 0.15) is 39.5 Å². The van der Waals surface area contributed by atoms with Crippen LogP contribution in [0.15, 0.2) is 0 Å². The first kappa shape index (κ1) is 15.6. The van der Waals surface area contributed by atoms with Crippen LogP contribution in [-0.2, 0) is 9.47 Å². The Kier molecular flexibility index (Phi) is 6.46. The zero-order valence-electron chi connectivity index (χ0n) is 12.5. The summed E-state index contributed by atoms with van der Waals surface area (Å²) in [5.41, 5.74) is 0.203. The number of rotatable bonds is 7. The molecule has 2 aliphatic heterocycles. The lowest BCUT2D eigenvalue weighted by atomic mass is 9.90. The van der Waals surface area contributed by atoms with Gasteiger partial charge in [-0.3, -0.25) is 0 Å². The normalized spacial score (nSPS) is 31.4. The van der Waals surface area contributed by atoms with E-state index in [1.165, 1.54) is 30.8 Å². The van der Waals surface area contributed by atoms with E-state index in [9.17, 15) is 0 Å². The van der Waals surface area contributed by atoms with E-state index in [0.717, 1.165) is 32.8 Å². The fourth-order valence-corrected chi connectivity index (χ4v) is 4.24. The van der Waals surface area contributed by atoms with Crippen molar-refractivity contribution in [2.75, 3.05) is 37.9 Å². The molecule has 0 aliphatic carbocycles. The Morgan fingerprint density at radius 2 is 2.37 bits per heavy atom. The summed E-state index contributed by atoms with van der Waals surface area (Å²) in [5, 5.41) is 3.69. The van der Waals surface area contributed by atoms with E-state index >= 15 is 0 Å². The summed E-state index contributed by atoms with van der Waals surface area (Å²) >= 11 is 2.05. The van der Waals surface area contributed by atoms with Gasteiger partial charge in [-0.2, -0.15) is 11.8 Å². The van der Waals surface area contributed by atoms with Gasteiger partial charge in [0.15, 0.2) is 0 Å². The van der Waals surface area contributed by atoms with Gasteiger partial charge >= 0.3 is 0 Å². The van der Waals surface area contributed by atoms with Gasteiger partial charge in [-0.1, -0.05) is 13.8 Å². The Morgan fingerprint density at radius 1 is 1.47 bits per heavy atom. The fourth-order valence-electron chi connectivity index (χ4n) is 2.86. The highest BCUT2D eigenvalue weighted by Gasteiger charge is 2.40. The van der Waals surface area contributed by atoms with Gasteiger partial charge < -0.3 is 14.8 Å². The zero-order chi connectivity index (χ0) is 13.6. The maximum atomic E-state index is 6.04. The molecule has 2 rings (SSSR count). The maximum absolute atomic E-state index is 6.04. The van der Waals surface area contributed by atoms with Crippen LogP contribution in [0, 0.1) is 5.92 Å². The molecule has 0 amide bonds. The monoisotopic (exact) mass is 287 g/mol. The Labute approximate surface area is 122 Å². The molecule has 0 radical (unpaired) electrons. The molecule has 2 aliphatic rings. The van der Waals surface area contributed by atoms with Crippen molar-refractivity contribution in [1.29, 1.82) is 0 Å². The SMILES string of the molecule is CC(C)COCCCNC1CCOC2(CCSC2)C1. The van der Waals surface area contributed by atoms with Crippen molar-refractivity contribution in [3.05, 3.63) is 0 Å². The van der Waals surface area contributed by atoms with Crippen molar-refractivity contribution in [2.24, 2.45) is 5.92 Å². The smallest absolute Gasteiger partial charge is 0.0795 e. The predicted molar refractivity (Wildman–Crippen MR) is 81.9 cm³/mol. The van der Waals surface area contributed by atoms with Gasteiger partial charge in [-0.25, -0.2) is 0 Å². The highest BCUT2D eigenvalue weighted by atomic mass is 32.2. The molecule has 2 unspecified atom stereocenters. The van der Waals surface area contributed by atoms with Crippen molar-refractivity contribution in [3.8, 4) is 0 Å². The highest BCUT2D eigenvalue weighted by Crippen LogP contribution is 2.38. The van der Waals surface area contributed by atoms with Crippen LogP contribution in [0.4, 0.5) is 0 Å². The number of thioether (sulfide) groups is 1. The van der Waals surface area contributed by atoms with Crippen LogP contribution < -0.4 is 5.32 Å². The van der Waals surface area contributed by atoms with Crippen molar-refractivity contribution >= 4 is 11.8 Å². The van der Waals surface area contributed by atoms with E-state index in [1.54, 1.807) is 0 Å². The van der Waals surface area contributed by atoms with Gasteiger partial charge in [-0.15, -0.1) is 0 Å². The first-order valence-corrected chi connectivity index (χ1v) is 8.88. The van der Waals surface area contributed by atoms with Gasteiger partial charge in [-0.05, 0) is 43.9 Å². The molecule has 4 heteroatoms. The van der Waals surface area contributed by atoms with Crippen molar-refractivity contribution in [2.45, 2.75) is 51.2 Å². The molecule has 0 aromatic heterocycles. The summed E-state index contributed by atoms with van der Waals surface area (Å²) in [7, 11) is 0. The minimum absolute atomic E-state index is 0.203. The molecule has 3 nitrogen and oxygen atoms in total. The fraction of sp³-hybridized carbons (Fsp3) is 1.00. The molecular formula is C15H29NO2S. The number of nitrogens with one attached hydrogen (secondary N) is 1. The summed E-state index contributed by atoms with van der Waals surface area (Å²) in [5.74, 6) is 3.11. The van der Waals surface area contributed by atoms with Crippen molar-refractivity contribution in [1.82, 2.24) is 5.32 Å². The Bertz CT molecular complexity index is 255. The summed E-state index contributed by atoms with van der Waals surface area (Å²) in [4.78, 5) is 0. The molecule has 2 atom stereocenters. The topological polar surface area (TPSA) is 30.5 Å².